The standard InChI is InChI=1S/C14H10FN5O/c15-10-2-4-11(5-3-10)20-13-12(8-18-20)14(21)19(9-17-13)7-1-6-16/h2-5,8-9H,1,7H2. The van der Waals surface area contributed by atoms with Crippen molar-refractivity contribution in [3.05, 3.63) is 53.0 Å². The summed E-state index contributed by atoms with van der Waals surface area (Å²) in [6, 6.07) is 7.74. The number of hydrogen-bond acceptors (Lipinski definition) is 4. The van der Waals surface area contributed by atoms with Gasteiger partial charge in [-0.2, -0.15) is 10.4 Å². The Morgan fingerprint density at radius 2 is 2.05 bits per heavy atom. The molecule has 6 nitrogen and oxygen atoms in total. The van der Waals surface area contributed by atoms with Gasteiger partial charge < -0.3 is 0 Å². The molecule has 3 aromatic rings. The van der Waals surface area contributed by atoms with E-state index in [4.69, 9.17) is 5.26 Å². The highest BCUT2D eigenvalue weighted by molar-refractivity contribution is 5.74. The third-order valence-electron chi connectivity index (χ3n) is 3.09. The maximum atomic E-state index is 13.0. The van der Waals surface area contributed by atoms with E-state index in [1.807, 2.05) is 6.07 Å². The molecular formula is C14H10FN5O. The number of halogens is 1. The maximum absolute atomic E-state index is 13.0. The monoisotopic (exact) mass is 283 g/mol. The zero-order chi connectivity index (χ0) is 14.8. The smallest absolute Gasteiger partial charge is 0.264 e. The lowest BCUT2D eigenvalue weighted by atomic mass is 10.3. The molecule has 0 bridgehead atoms. The summed E-state index contributed by atoms with van der Waals surface area (Å²) >= 11 is 0. The highest BCUT2D eigenvalue weighted by Gasteiger charge is 2.11. The van der Waals surface area contributed by atoms with Gasteiger partial charge in [0.25, 0.3) is 5.56 Å². The highest BCUT2D eigenvalue weighted by Crippen LogP contribution is 2.14. The number of aromatic nitrogens is 4. The van der Waals surface area contributed by atoms with Crippen LogP contribution in [0.25, 0.3) is 16.7 Å². The zero-order valence-corrected chi connectivity index (χ0v) is 10.9. The summed E-state index contributed by atoms with van der Waals surface area (Å²) in [6.07, 6.45) is 3.06. The predicted molar refractivity (Wildman–Crippen MR) is 73.3 cm³/mol. The van der Waals surface area contributed by atoms with Gasteiger partial charge in [0.2, 0.25) is 0 Å². The van der Waals surface area contributed by atoms with Crippen molar-refractivity contribution < 1.29 is 4.39 Å². The summed E-state index contributed by atoms with van der Waals surface area (Å²) in [7, 11) is 0. The van der Waals surface area contributed by atoms with Gasteiger partial charge in [-0.25, -0.2) is 14.1 Å². The van der Waals surface area contributed by atoms with Crippen LogP contribution in [0.15, 0.2) is 41.6 Å². The SMILES string of the molecule is N#CCCn1cnc2c(cnn2-c2ccc(F)cc2)c1=O. The van der Waals surface area contributed by atoms with E-state index in [0.29, 0.717) is 23.3 Å². The summed E-state index contributed by atoms with van der Waals surface area (Å²) in [6.45, 7) is 0.292. The van der Waals surface area contributed by atoms with Crippen LogP contribution >= 0.6 is 0 Å². The number of fused-ring (bicyclic) bond motifs is 1. The van der Waals surface area contributed by atoms with E-state index in [1.54, 1.807) is 12.1 Å². The minimum atomic E-state index is -0.345. The average Bonchev–Trinajstić information content (AvgIpc) is 2.92. The molecule has 0 spiro atoms. The number of aryl methyl sites for hydroxylation is 1. The molecule has 21 heavy (non-hydrogen) atoms. The molecule has 0 N–H and O–H groups in total. The van der Waals surface area contributed by atoms with Gasteiger partial charge in [-0.15, -0.1) is 0 Å². The molecule has 2 heterocycles. The largest absolute Gasteiger partial charge is 0.298 e. The van der Waals surface area contributed by atoms with E-state index in [1.165, 1.54) is 33.9 Å². The molecule has 2 aromatic heterocycles. The van der Waals surface area contributed by atoms with E-state index in [2.05, 4.69) is 10.1 Å². The first-order valence-electron chi connectivity index (χ1n) is 6.27. The van der Waals surface area contributed by atoms with Crippen molar-refractivity contribution in [1.29, 1.82) is 5.26 Å². The van der Waals surface area contributed by atoms with Crippen LogP contribution in [-0.4, -0.2) is 19.3 Å². The molecule has 0 saturated heterocycles. The highest BCUT2D eigenvalue weighted by atomic mass is 19.1. The number of nitrogens with zero attached hydrogens (tertiary/aromatic N) is 5. The van der Waals surface area contributed by atoms with E-state index >= 15 is 0 Å². The van der Waals surface area contributed by atoms with Crippen LogP contribution < -0.4 is 5.56 Å². The minimum Gasteiger partial charge on any atom is -0.298 e. The van der Waals surface area contributed by atoms with Crippen molar-refractivity contribution in [2.45, 2.75) is 13.0 Å². The van der Waals surface area contributed by atoms with Crippen LogP contribution in [0.1, 0.15) is 6.42 Å². The molecule has 0 fully saturated rings. The molecule has 0 unspecified atom stereocenters. The molecule has 0 atom stereocenters. The van der Waals surface area contributed by atoms with E-state index in [0.717, 1.165) is 0 Å². The Morgan fingerprint density at radius 1 is 1.29 bits per heavy atom. The first-order chi connectivity index (χ1) is 10.2. The lowest BCUT2D eigenvalue weighted by molar-refractivity contribution is 0.627. The van der Waals surface area contributed by atoms with Crippen molar-refractivity contribution in [1.82, 2.24) is 19.3 Å². The fourth-order valence-corrected chi connectivity index (χ4v) is 2.05. The molecular weight excluding hydrogens is 273 g/mol. The van der Waals surface area contributed by atoms with Crippen LogP contribution in [-0.2, 0) is 6.54 Å². The molecule has 0 aliphatic rings. The van der Waals surface area contributed by atoms with Crippen LogP contribution in [0.5, 0.6) is 0 Å². The van der Waals surface area contributed by atoms with E-state index < -0.39 is 0 Å². The fourth-order valence-electron chi connectivity index (χ4n) is 2.05. The summed E-state index contributed by atoms with van der Waals surface area (Å²) in [5, 5.41) is 13.1. The Hall–Kier alpha value is -3.01. The number of hydrogen-bond donors (Lipinski definition) is 0. The Kier molecular flexibility index (Phi) is 3.20. The molecule has 0 aliphatic carbocycles. The van der Waals surface area contributed by atoms with Crippen molar-refractivity contribution in [2.75, 3.05) is 0 Å². The van der Waals surface area contributed by atoms with Crippen molar-refractivity contribution in [2.24, 2.45) is 0 Å². The second-order valence-corrected chi connectivity index (χ2v) is 4.42. The molecule has 104 valence electrons. The van der Waals surface area contributed by atoms with Crippen molar-refractivity contribution in [3.8, 4) is 11.8 Å². The average molecular weight is 283 g/mol. The summed E-state index contributed by atoms with van der Waals surface area (Å²) in [4.78, 5) is 16.4. The van der Waals surface area contributed by atoms with Crippen molar-refractivity contribution >= 4 is 11.0 Å². The number of benzene rings is 1. The van der Waals surface area contributed by atoms with Crippen LogP contribution in [0, 0.1) is 17.1 Å². The molecule has 3 rings (SSSR count). The van der Waals surface area contributed by atoms with Gasteiger partial charge in [0.1, 0.15) is 17.5 Å². The molecule has 0 radical (unpaired) electrons. The Labute approximate surface area is 118 Å². The Balaban J connectivity index is 2.11. The third-order valence-corrected chi connectivity index (χ3v) is 3.09. The first kappa shape index (κ1) is 13.0. The summed E-state index contributed by atoms with van der Waals surface area (Å²) in [5.41, 5.74) is 0.775. The molecule has 0 amide bonds. The fraction of sp³-hybridized carbons (Fsp3) is 0.143. The van der Waals surface area contributed by atoms with Gasteiger partial charge in [-0.3, -0.25) is 9.36 Å². The Bertz CT molecular complexity index is 888. The van der Waals surface area contributed by atoms with Gasteiger partial charge in [-0.1, -0.05) is 0 Å². The lowest BCUT2D eigenvalue weighted by Crippen LogP contribution is -2.20. The van der Waals surface area contributed by atoms with Gasteiger partial charge in [0, 0.05) is 6.54 Å². The van der Waals surface area contributed by atoms with E-state index in [-0.39, 0.29) is 17.8 Å². The van der Waals surface area contributed by atoms with Gasteiger partial charge >= 0.3 is 0 Å². The van der Waals surface area contributed by atoms with Gasteiger partial charge in [0.15, 0.2) is 5.65 Å². The molecule has 7 heteroatoms. The summed E-state index contributed by atoms with van der Waals surface area (Å²) in [5.74, 6) is -0.345. The number of rotatable bonds is 3. The normalized spacial score (nSPS) is 10.7. The second-order valence-electron chi connectivity index (χ2n) is 4.42. The maximum Gasteiger partial charge on any atom is 0.264 e. The van der Waals surface area contributed by atoms with Crippen LogP contribution in [0.3, 0.4) is 0 Å². The second kappa shape index (κ2) is 5.17. The molecule has 1 aromatic carbocycles. The number of nitriles is 1. The van der Waals surface area contributed by atoms with Crippen LogP contribution in [0.2, 0.25) is 0 Å². The van der Waals surface area contributed by atoms with Gasteiger partial charge in [0.05, 0.1) is 24.4 Å². The minimum absolute atomic E-state index is 0.235. The molecule has 0 saturated carbocycles. The Morgan fingerprint density at radius 3 is 2.76 bits per heavy atom. The first-order valence-corrected chi connectivity index (χ1v) is 6.27. The van der Waals surface area contributed by atoms with Crippen LogP contribution in [0.4, 0.5) is 4.39 Å². The summed E-state index contributed by atoms with van der Waals surface area (Å²) < 4.78 is 15.8. The predicted octanol–water partition coefficient (Wildman–Crippen LogP) is 1.63. The topological polar surface area (TPSA) is 76.5 Å². The zero-order valence-electron chi connectivity index (χ0n) is 10.9. The van der Waals surface area contributed by atoms with Gasteiger partial charge in [-0.05, 0) is 24.3 Å². The van der Waals surface area contributed by atoms with Crippen molar-refractivity contribution in [3.63, 3.8) is 0 Å². The quantitative estimate of drug-likeness (QED) is 0.732. The lowest BCUT2D eigenvalue weighted by Gasteiger charge is -2.04. The molecule has 0 aliphatic heterocycles. The van der Waals surface area contributed by atoms with E-state index in [9.17, 15) is 9.18 Å². The third kappa shape index (κ3) is 2.27.